The van der Waals surface area contributed by atoms with Gasteiger partial charge in [0.05, 0.1) is 52.7 Å². The zero-order valence-electron chi connectivity index (χ0n) is 22.1. The molecule has 2 atom stereocenters. The van der Waals surface area contributed by atoms with Crippen molar-refractivity contribution in [1.82, 2.24) is 15.0 Å². The van der Waals surface area contributed by atoms with Crippen LogP contribution < -0.4 is 19.9 Å². The SMILES string of the molecule is CC1(C)OCC(COc2ncc(NC(=O)N3c4nc(-c5cccc(C(F)(F)F)c5)c(Cl)cc4N4CC[C@H]3C4)cn2)O1. The van der Waals surface area contributed by atoms with Crippen LogP contribution in [0.15, 0.2) is 42.7 Å². The van der Waals surface area contributed by atoms with E-state index in [1.54, 1.807) is 6.07 Å². The Morgan fingerprint density at radius 2 is 2.02 bits per heavy atom. The van der Waals surface area contributed by atoms with Crippen LogP contribution in [0.1, 0.15) is 25.8 Å². The molecule has 3 aliphatic heterocycles. The molecule has 10 nitrogen and oxygen atoms in total. The molecule has 14 heteroatoms. The Morgan fingerprint density at radius 3 is 2.73 bits per heavy atom. The molecule has 2 fully saturated rings. The molecule has 5 heterocycles. The Balaban J connectivity index is 1.21. The second kappa shape index (κ2) is 10.3. The number of urea groups is 1. The summed E-state index contributed by atoms with van der Waals surface area (Å²) in [5.74, 6) is -0.351. The Morgan fingerprint density at radius 1 is 1.24 bits per heavy atom. The van der Waals surface area contributed by atoms with Gasteiger partial charge < -0.3 is 24.4 Å². The molecule has 6 rings (SSSR count). The van der Waals surface area contributed by atoms with Gasteiger partial charge in [-0.3, -0.25) is 4.90 Å². The normalized spacial score (nSPS) is 21.1. The minimum Gasteiger partial charge on any atom is -0.461 e. The third-order valence-corrected chi connectivity index (χ3v) is 7.35. The molecule has 2 bridgehead atoms. The molecule has 2 amide bonds. The summed E-state index contributed by atoms with van der Waals surface area (Å²) in [6.07, 6.45) is -1.24. The van der Waals surface area contributed by atoms with E-state index in [0.29, 0.717) is 43.3 Å². The summed E-state index contributed by atoms with van der Waals surface area (Å²) < 4.78 is 56.9. The van der Waals surface area contributed by atoms with E-state index < -0.39 is 23.6 Å². The second-order valence-corrected chi connectivity index (χ2v) is 10.9. The molecule has 0 spiro atoms. The van der Waals surface area contributed by atoms with Crippen LogP contribution in [0, 0.1) is 0 Å². The van der Waals surface area contributed by atoms with Gasteiger partial charge >= 0.3 is 18.2 Å². The third-order valence-electron chi connectivity index (χ3n) is 7.06. The fourth-order valence-corrected chi connectivity index (χ4v) is 5.44. The zero-order chi connectivity index (χ0) is 28.9. The van der Waals surface area contributed by atoms with Crippen LogP contribution in [0.3, 0.4) is 0 Å². The van der Waals surface area contributed by atoms with Crippen molar-refractivity contribution >= 4 is 34.8 Å². The van der Waals surface area contributed by atoms with E-state index in [9.17, 15) is 18.0 Å². The zero-order valence-corrected chi connectivity index (χ0v) is 22.9. The Hall–Kier alpha value is -3.68. The van der Waals surface area contributed by atoms with Gasteiger partial charge in [0.1, 0.15) is 12.7 Å². The van der Waals surface area contributed by atoms with Gasteiger partial charge in [-0.25, -0.2) is 19.7 Å². The minimum absolute atomic E-state index is 0.119. The number of pyridine rings is 1. The predicted octanol–water partition coefficient (Wildman–Crippen LogP) is 5.37. The third kappa shape index (κ3) is 5.61. The maximum Gasteiger partial charge on any atom is 0.416 e. The summed E-state index contributed by atoms with van der Waals surface area (Å²) in [7, 11) is 0. The standard InChI is InChI=1S/C27H26ClF3N6O4/c1-26(2)40-14-19(41-26)13-39-24-32-10-17(11-33-24)34-25(38)37-18-6-7-36(12-18)21-9-20(28)22(35-23(21)37)15-4-3-5-16(8-15)27(29,30)31/h3-5,8-11,18-19H,6-7,12-14H2,1-2H3,(H,34,38)/t18-,19?/m0/s1. The van der Waals surface area contributed by atoms with E-state index in [1.807, 2.05) is 13.8 Å². The number of ether oxygens (including phenoxy) is 3. The molecular weight excluding hydrogens is 565 g/mol. The van der Waals surface area contributed by atoms with Gasteiger partial charge in [0.2, 0.25) is 0 Å². The van der Waals surface area contributed by atoms with Gasteiger partial charge in [0.15, 0.2) is 11.6 Å². The number of nitrogens with zero attached hydrogens (tertiary/aromatic N) is 5. The molecule has 1 N–H and O–H groups in total. The van der Waals surface area contributed by atoms with Gasteiger partial charge in [-0.1, -0.05) is 23.7 Å². The lowest BCUT2D eigenvalue weighted by molar-refractivity contribution is -0.141. The number of carbonyl (C=O) groups excluding carboxylic acids is 1. The lowest BCUT2D eigenvalue weighted by Crippen LogP contribution is -2.48. The molecule has 1 aromatic carbocycles. The molecule has 1 unspecified atom stereocenters. The first-order valence-corrected chi connectivity index (χ1v) is 13.3. The van der Waals surface area contributed by atoms with Crippen molar-refractivity contribution in [3.63, 3.8) is 0 Å². The first kappa shape index (κ1) is 27.5. The van der Waals surface area contributed by atoms with Gasteiger partial charge in [0, 0.05) is 18.7 Å². The van der Waals surface area contributed by atoms with Gasteiger partial charge in [-0.2, -0.15) is 13.2 Å². The van der Waals surface area contributed by atoms with E-state index >= 15 is 0 Å². The Labute approximate surface area is 238 Å². The quantitative estimate of drug-likeness (QED) is 0.423. The van der Waals surface area contributed by atoms with Crippen molar-refractivity contribution in [2.75, 3.05) is 41.4 Å². The van der Waals surface area contributed by atoms with E-state index in [0.717, 1.165) is 12.1 Å². The summed E-state index contributed by atoms with van der Waals surface area (Å²) >= 11 is 6.52. The second-order valence-electron chi connectivity index (χ2n) is 10.4. The minimum atomic E-state index is -4.52. The summed E-state index contributed by atoms with van der Waals surface area (Å²) in [4.78, 5) is 30.1. The highest BCUT2D eigenvalue weighted by atomic mass is 35.5. The molecular formula is C27H26ClF3N6O4. The van der Waals surface area contributed by atoms with Crippen molar-refractivity contribution in [1.29, 1.82) is 0 Å². The summed E-state index contributed by atoms with van der Waals surface area (Å²) in [6.45, 7) is 5.51. The number of amides is 2. The van der Waals surface area contributed by atoms with Gasteiger partial charge in [-0.15, -0.1) is 0 Å². The number of nitrogens with one attached hydrogen (secondary N) is 1. The van der Waals surface area contributed by atoms with Crippen LogP contribution in [0.2, 0.25) is 5.02 Å². The van der Waals surface area contributed by atoms with E-state index in [2.05, 4.69) is 25.2 Å². The van der Waals surface area contributed by atoms with Crippen LogP contribution in [-0.4, -0.2) is 65.2 Å². The predicted molar refractivity (Wildman–Crippen MR) is 144 cm³/mol. The topological polar surface area (TPSA) is 102 Å². The van der Waals surface area contributed by atoms with Crippen LogP contribution in [0.5, 0.6) is 6.01 Å². The van der Waals surface area contributed by atoms with Crippen molar-refractivity contribution in [2.24, 2.45) is 0 Å². The smallest absolute Gasteiger partial charge is 0.416 e. The number of anilines is 3. The summed E-state index contributed by atoms with van der Waals surface area (Å²) in [6, 6.07) is 5.89. The number of aromatic nitrogens is 3. The molecule has 0 aliphatic carbocycles. The number of rotatable bonds is 5. The molecule has 0 saturated carbocycles. The first-order chi connectivity index (χ1) is 19.5. The van der Waals surface area contributed by atoms with Crippen LogP contribution in [0.25, 0.3) is 11.3 Å². The van der Waals surface area contributed by atoms with Crippen molar-refractivity contribution < 1.29 is 32.2 Å². The number of fused-ring (bicyclic) bond motifs is 4. The number of halogens is 4. The molecule has 41 heavy (non-hydrogen) atoms. The number of benzene rings is 1. The van der Waals surface area contributed by atoms with E-state index in [1.165, 1.54) is 29.4 Å². The van der Waals surface area contributed by atoms with Crippen LogP contribution in [0.4, 0.5) is 35.2 Å². The largest absolute Gasteiger partial charge is 0.461 e. The molecule has 0 radical (unpaired) electrons. The fourth-order valence-electron chi connectivity index (χ4n) is 5.18. The fraction of sp³-hybridized carbons (Fsp3) is 0.407. The highest BCUT2D eigenvalue weighted by Crippen LogP contribution is 2.43. The molecule has 2 saturated heterocycles. The Kier molecular flexibility index (Phi) is 6.91. The highest BCUT2D eigenvalue weighted by molar-refractivity contribution is 6.33. The van der Waals surface area contributed by atoms with E-state index in [4.69, 9.17) is 25.8 Å². The van der Waals surface area contributed by atoms with Crippen LogP contribution >= 0.6 is 11.6 Å². The average Bonchev–Trinajstić information content (AvgIpc) is 3.51. The molecule has 3 aromatic rings. The van der Waals surface area contributed by atoms with Crippen molar-refractivity contribution in [2.45, 2.75) is 44.4 Å². The molecule has 3 aliphatic rings. The number of hydrogen-bond acceptors (Lipinski definition) is 8. The van der Waals surface area contributed by atoms with Crippen molar-refractivity contribution in [3.05, 3.63) is 53.3 Å². The maximum atomic E-state index is 13.5. The van der Waals surface area contributed by atoms with Gasteiger partial charge in [-0.05, 0) is 38.5 Å². The highest BCUT2D eigenvalue weighted by Gasteiger charge is 2.41. The van der Waals surface area contributed by atoms with E-state index in [-0.39, 0.29) is 41.0 Å². The number of alkyl halides is 3. The molecule has 216 valence electrons. The summed E-state index contributed by atoms with van der Waals surface area (Å²) in [5, 5.41) is 2.99. The Bertz CT molecular complexity index is 1470. The van der Waals surface area contributed by atoms with Gasteiger partial charge in [0.25, 0.3) is 0 Å². The average molecular weight is 591 g/mol. The monoisotopic (exact) mass is 590 g/mol. The van der Waals surface area contributed by atoms with Crippen LogP contribution in [-0.2, 0) is 15.7 Å². The summed E-state index contributed by atoms with van der Waals surface area (Å²) in [5.41, 5.74) is 0.503. The lowest BCUT2D eigenvalue weighted by atomic mass is 10.1. The maximum absolute atomic E-state index is 13.5. The lowest BCUT2D eigenvalue weighted by Gasteiger charge is -2.36. The molecule has 2 aromatic heterocycles. The number of hydrogen-bond donors (Lipinski definition) is 1. The van der Waals surface area contributed by atoms with Crippen molar-refractivity contribution in [3.8, 4) is 17.3 Å². The number of carbonyl (C=O) groups is 1. The first-order valence-electron chi connectivity index (χ1n) is 13.0.